The number of carbonyl (C=O) groups is 2. The zero-order chi connectivity index (χ0) is 24.5. The maximum atomic E-state index is 13.6. The van der Waals surface area contributed by atoms with Crippen molar-refractivity contribution in [2.75, 3.05) is 5.75 Å². The van der Waals surface area contributed by atoms with E-state index in [-0.39, 0.29) is 30.2 Å². The van der Waals surface area contributed by atoms with Gasteiger partial charge < -0.3 is 10.2 Å². The molecule has 1 N–H and O–H groups in total. The van der Waals surface area contributed by atoms with Crippen LogP contribution < -0.4 is 5.32 Å². The van der Waals surface area contributed by atoms with E-state index in [0.29, 0.717) is 16.5 Å². The molecule has 0 bridgehead atoms. The number of benzene rings is 3. The van der Waals surface area contributed by atoms with Gasteiger partial charge in [0.1, 0.15) is 6.04 Å². The molecule has 0 aromatic heterocycles. The lowest BCUT2D eigenvalue weighted by Crippen LogP contribution is -2.52. The van der Waals surface area contributed by atoms with Crippen molar-refractivity contribution in [2.45, 2.75) is 43.8 Å². The number of nitrogens with zero attached hydrogens (tertiary/aromatic N) is 1. The van der Waals surface area contributed by atoms with Crippen LogP contribution in [0.15, 0.2) is 83.8 Å². The van der Waals surface area contributed by atoms with E-state index in [1.54, 1.807) is 23.1 Å². The molecule has 3 rings (SSSR count). The average Bonchev–Trinajstić information content (AvgIpc) is 2.82. The number of thioether (sulfide) groups is 1. The molecule has 0 saturated heterocycles. The van der Waals surface area contributed by atoms with Crippen LogP contribution in [0.5, 0.6) is 0 Å². The Morgan fingerprint density at radius 1 is 0.912 bits per heavy atom. The van der Waals surface area contributed by atoms with Gasteiger partial charge in [-0.2, -0.15) is 0 Å². The maximum Gasteiger partial charge on any atom is 0.243 e. The summed E-state index contributed by atoms with van der Waals surface area (Å²) in [5.74, 6) is -0.137. The Labute approximate surface area is 215 Å². The van der Waals surface area contributed by atoms with Crippen molar-refractivity contribution >= 4 is 46.8 Å². The standard InChI is InChI=1S/C27H28Cl2N2O2S/c1-19(2)30-27(33)25(16-20-8-4-3-5-9-20)31(17-21-10-6-7-11-24(21)29)26(32)18-34-23-14-12-22(28)13-15-23/h3-15,19,25H,16-18H2,1-2H3,(H,30,33)/t25-/m0/s1. The van der Waals surface area contributed by atoms with Crippen LogP contribution in [-0.4, -0.2) is 34.6 Å². The number of amides is 2. The Bertz CT molecular complexity index is 1090. The quantitative estimate of drug-likeness (QED) is 0.325. The maximum absolute atomic E-state index is 13.6. The largest absolute Gasteiger partial charge is 0.352 e. The van der Waals surface area contributed by atoms with Gasteiger partial charge in [-0.1, -0.05) is 71.7 Å². The molecule has 3 aromatic carbocycles. The van der Waals surface area contributed by atoms with E-state index in [4.69, 9.17) is 23.2 Å². The first-order valence-electron chi connectivity index (χ1n) is 11.1. The number of hydrogen-bond donors (Lipinski definition) is 1. The fraction of sp³-hybridized carbons (Fsp3) is 0.259. The van der Waals surface area contributed by atoms with Crippen LogP contribution in [-0.2, 0) is 22.6 Å². The number of hydrogen-bond acceptors (Lipinski definition) is 3. The third-order valence-corrected chi connectivity index (χ3v) is 6.79. The second kappa shape index (κ2) is 12.8. The molecule has 0 unspecified atom stereocenters. The van der Waals surface area contributed by atoms with Gasteiger partial charge in [0.2, 0.25) is 11.8 Å². The van der Waals surface area contributed by atoms with Gasteiger partial charge in [0.25, 0.3) is 0 Å². The lowest BCUT2D eigenvalue weighted by molar-refractivity contribution is -0.139. The highest BCUT2D eigenvalue weighted by atomic mass is 35.5. The summed E-state index contributed by atoms with van der Waals surface area (Å²) in [6.45, 7) is 4.06. The molecule has 0 saturated carbocycles. The normalized spacial score (nSPS) is 11.8. The van der Waals surface area contributed by atoms with Crippen molar-refractivity contribution in [1.29, 1.82) is 0 Å². The molecule has 34 heavy (non-hydrogen) atoms. The number of rotatable bonds is 10. The van der Waals surface area contributed by atoms with E-state index in [0.717, 1.165) is 16.0 Å². The van der Waals surface area contributed by atoms with Crippen molar-refractivity contribution in [3.63, 3.8) is 0 Å². The molecule has 1 atom stereocenters. The molecule has 0 heterocycles. The fourth-order valence-corrected chi connectivity index (χ4v) is 4.61. The summed E-state index contributed by atoms with van der Waals surface area (Å²) in [4.78, 5) is 29.5. The Balaban J connectivity index is 1.91. The Kier molecular flexibility index (Phi) is 9.87. The number of halogens is 2. The van der Waals surface area contributed by atoms with Crippen LogP contribution >= 0.6 is 35.0 Å². The molecule has 4 nitrogen and oxygen atoms in total. The third kappa shape index (κ3) is 7.79. The molecule has 178 valence electrons. The van der Waals surface area contributed by atoms with Crippen LogP contribution in [0.3, 0.4) is 0 Å². The molecule has 0 aliphatic heterocycles. The zero-order valence-electron chi connectivity index (χ0n) is 19.2. The molecule has 0 radical (unpaired) electrons. The number of carbonyl (C=O) groups excluding carboxylic acids is 2. The molecule has 2 amide bonds. The van der Waals surface area contributed by atoms with Gasteiger partial charge in [-0.3, -0.25) is 9.59 Å². The van der Waals surface area contributed by atoms with E-state index in [1.165, 1.54) is 11.8 Å². The topological polar surface area (TPSA) is 49.4 Å². The highest BCUT2D eigenvalue weighted by Gasteiger charge is 2.31. The first kappa shape index (κ1) is 26.1. The molecule has 0 aliphatic carbocycles. The summed E-state index contributed by atoms with van der Waals surface area (Å²) in [6.07, 6.45) is 0.404. The predicted molar refractivity (Wildman–Crippen MR) is 141 cm³/mol. The Hall–Kier alpha value is -2.47. The van der Waals surface area contributed by atoms with Gasteiger partial charge >= 0.3 is 0 Å². The van der Waals surface area contributed by atoms with Crippen LogP contribution in [0.1, 0.15) is 25.0 Å². The molecule has 3 aromatic rings. The SMILES string of the molecule is CC(C)NC(=O)[C@H](Cc1ccccc1)N(Cc1ccccc1Cl)C(=O)CSc1ccc(Cl)cc1. The van der Waals surface area contributed by atoms with Crippen molar-refractivity contribution in [3.05, 3.63) is 100 Å². The minimum Gasteiger partial charge on any atom is -0.352 e. The van der Waals surface area contributed by atoms with Crippen molar-refractivity contribution in [3.8, 4) is 0 Å². The van der Waals surface area contributed by atoms with E-state index in [9.17, 15) is 9.59 Å². The van der Waals surface area contributed by atoms with Gasteiger partial charge in [-0.15, -0.1) is 11.8 Å². The Morgan fingerprint density at radius 3 is 2.21 bits per heavy atom. The zero-order valence-corrected chi connectivity index (χ0v) is 21.5. The molecule has 0 aliphatic rings. The molecule has 7 heteroatoms. The first-order chi connectivity index (χ1) is 16.3. The first-order valence-corrected chi connectivity index (χ1v) is 12.8. The van der Waals surface area contributed by atoms with Crippen molar-refractivity contribution < 1.29 is 9.59 Å². The number of nitrogens with one attached hydrogen (secondary N) is 1. The highest BCUT2D eigenvalue weighted by Crippen LogP contribution is 2.24. The molecule has 0 fully saturated rings. The Morgan fingerprint density at radius 2 is 1.56 bits per heavy atom. The summed E-state index contributed by atoms with van der Waals surface area (Å²) in [5.41, 5.74) is 1.78. The minimum absolute atomic E-state index is 0.0496. The lowest BCUT2D eigenvalue weighted by Gasteiger charge is -2.32. The van der Waals surface area contributed by atoms with Gasteiger partial charge in [0.05, 0.1) is 5.75 Å². The fourth-order valence-electron chi connectivity index (χ4n) is 3.50. The van der Waals surface area contributed by atoms with Crippen LogP contribution in [0.25, 0.3) is 0 Å². The van der Waals surface area contributed by atoms with Crippen LogP contribution in [0, 0.1) is 0 Å². The smallest absolute Gasteiger partial charge is 0.243 e. The summed E-state index contributed by atoms with van der Waals surface area (Å²) in [7, 11) is 0. The van der Waals surface area contributed by atoms with Crippen molar-refractivity contribution in [1.82, 2.24) is 10.2 Å². The van der Waals surface area contributed by atoms with E-state index in [2.05, 4.69) is 5.32 Å². The van der Waals surface area contributed by atoms with Crippen molar-refractivity contribution in [2.24, 2.45) is 0 Å². The van der Waals surface area contributed by atoms with Gasteiger partial charge in [-0.25, -0.2) is 0 Å². The molecular weight excluding hydrogens is 487 g/mol. The second-order valence-corrected chi connectivity index (χ2v) is 10.1. The lowest BCUT2D eigenvalue weighted by atomic mass is 10.0. The third-order valence-electron chi connectivity index (χ3n) is 5.18. The summed E-state index contributed by atoms with van der Waals surface area (Å²) in [6, 6.07) is 23.8. The summed E-state index contributed by atoms with van der Waals surface area (Å²) in [5, 5.41) is 4.20. The van der Waals surface area contributed by atoms with Gasteiger partial charge in [0, 0.05) is 33.9 Å². The van der Waals surface area contributed by atoms with Crippen LogP contribution in [0.4, 0.5) is 0 Å². The second-order valence-electron chi connectivity index (χ2n) is 8.22. The predicted octanol–water partition coefficient (Wildman–Crippen LogP) is 6.25. The highest BCUT2D eigenvalue weighted by molar-refractivity contribution is 8.00. The van der Waals surface area contributed by atoms with E-state index >= 15 is 0 Å². The molecule has 0 spiro atoms. The summed E-state index contributed by atoms with van der Waals surface area (Å²) < 4.78 is 0. The average molecular weight is 516 g/mol. The van der Waals surface area contributed by atoms with Gasteiger partial charge in [-0.05, 0) is 55.3 Å². The minimum atomic E-state index is -0.681. The van der Waals surface area contributed by atoms with Gasteiger partial charge in [0.15, 0.2) is 0 Å². The monoisotopic (exact) mass is 514 g/mol. The van der Waals surface area contributed by atoms with E-state index < -0.39 is 6.04 Å². The molecular formula is C27H28Cl2N2O2S. The van der Waals surface area contributed by atoms with Crippen LogP contribution in [0.2, 0.25) is 10.0 Å². The van der Waals surface area contributed by atoms with E-state index in [1.807, 2.05) is 74.5 Å². The summed E-state index contributed by atoms with van der Waals surface area (Å²) >= 11 is 13.8.